The van der Waals surface area contributed by atoms with Crippen LogP contribution in [0, 0.1) is 0 Å². The molecule has 0 saturated heterocycles. The first kappa shape index (κ1) is 10.8. The zero-order valence-electron chi connectivity index (χ0n) is 9.70. The third kappa shape index (κ3) is 1.96. The van der Waals surface area contributed by atoms with Crippen molar-refractivity contribution < 1.29 is 0 Å². The van der Waals surface area contributed by atoms with Crippen LogP contribution in [-0.4, -0.2) is 0 Å². The van der Waals surface area contributed by atoms with Crippen molar-refractivity contribution in [3.05, 3.63) is 63.6 Å². The molecule has 0 fully saturated rings. The van der Waals surface area contributed by atoms with Crippen molar-refractivity contribution in [1.29, 1.82) is 0 Å². The topological polar surface area (TPSA) is 0 Å². The smallest absolute Gasteiger partial charge is 0.0257 e. The van der Waals surface area contributed by atoms with Crippen molar-refractivity contribution in [2.24, 2.45) is 0 Å². The minimum absolute atomic E-state index is 1.09. The van der Waals surface area contributed by atoms with E-state index >= 15 is 0 Å². The largest absolute Gasteiger partial charge is 0.0683 e. The molecular weight excluding hydrogens is 272 g/mol. The minimum atomic E-state index is 1.09. The van der Waals surface area contributed by atoms with E-state index < -0.39 is 0 Å². The fourth-order valence-corrected chi connectivity index (χ4v) is 2.99. The van der Waals surface area contributed by atoms with Crippen molar-refractivity contribution in [2.45, 2.75) is 13.3 Å². The SMILES string of the molecule is CC1=Cc2cc(-c3ccccc3)c(Br)cc2C1. The summed E-state index contributed by atoms with van der Waals surface area (Å²) in [6.45, 7) is 2.19. The van der Waals surface area contributed by atoms with Crippen molar-refractivity contribution in [3.8, 4) is 11.1 Å². The van der Waals surface area contributed by atoms with Gasteiger partial charge < -0.3 is 0 Å². The Labute approximate surface area is 110 Å². The number of benzene rings is 2. The van der Waals surface area contributed by atoms with Crippen LogP contribution in [0.15, 0.2) is 52.5 Å². The molecule has 0 bridgehead atoms. The Balaban J connectivity index is 2.16. The highest BCUT2D eigenvalue weighted by Gasteiger charge is 2.13. The van der Waals surface area contributed by atoms with Crippen LogP contribution >= 0.6 is 15.9 Å². The summed E-state index contributed by atoms with van der Waals surface area (Å²) in [6, 6.07) is 15.0. The Morgan fingerprint density at radius 2 is 1.82 bits per heavy atom. The maximum Gasteiger partial charge on any atom is 0.0257 e. The van der Waals surface area contributed by atoms with Gasteiger partial charge in [0.15, 0.2) is 0 Å². The zero-order chi connectivity index (χ0) is 11.8. The van der Waals surface area contributed by atoms with Gasteiger partial charge in [0.25, 0.3) is 0 Å². The second-order valence-electron chi connectivity index (χ2n) is 4.56. The predicted octanol–water partition coefficient (Wildman–Crippen LogP) is 5.08. The fourth-order valence-electron chi connectivity index (χ4n) is 2.37. The first-order chi connectivity index (χ1) is 8.24. The Morgan fingerprint density at radius 1 is 1.06 bits per heavy atom. The van der Waals surface area contributed by atoms with Crippen molar-refractivity contribution in [3.63, 3.8) is 0 Å². The minimum Gasteiger partial charge on any atom is -0.0683 e. The molecule has 0 amide bonds. The summed E-state index contributed by atoms with van der Waals surface area (Å²) in [6.07, 6.45) is 3.37. The van der Waals surface area contributed by atoms with Crippen LogP contribution in [-0.2, 0) is 6.42 Å². The van der Waals surface area contributed by atoms with Crippen LogP contribution in [0.3, 0.4) is 0 Å². The Kier molecular flexibility index (Phi) is 2.64. The van der Waals surface area contributed by atoms with Crippen molar-refractivity contribution in [1.82, 2.24) is 0 Å². The van der Waals surface area contributed by atoms with E-state index in [1.807, 2.05) is 0 Å². The van der Waals surface area contributed by atoms with Crippen LogP contribution in [0.5, 0.6) is 0 Å². The second-order valence-corrected chi connectivity index (χ2v) is 5.42. The lowest BCUT2D eigenvalue weighted by Gasteiger charge is -2.08. The molecule has 2 aromatic rings. The van der Waals surface area contributed by atoms with E-state index in [0.717, 1.165) is 6.42 Å². The van der Waals surface area contributed by atoms with Gasteiger partial charge in [0.1, 0.15) is 0 Å². The standard InChI is InChI=1S/C16H13Br/c1-11-7-13-9-15(12-5-3-2-4-6-12)16(17)10-14(13)8-11/h2-7,9-10H,8H2,1H3. The molecule has 17 heavy (non-hydrogen) atoms. The van der Waals surface area contributed by atoms with E-state index in [1.165, 1.54) is 32.3 Å². The average molecular weight is 285 g/mol. The molecule has 0 N–H and O–H groups in total. The summed E-state index contributed by atoms with van der Waals surface area (Å²) in [4.78, 5) is 0. The molecule has 3 rings (SSSR count). The van der Waals surface area contributed by atoms with Gasteiger partial charge in [-0.1, -0.05) is 57.9 Å². The third-order valence-electron chi connectivity index (χ3n) is 3.18. The lowest BCUT2D eigenvalue weighted by Crippen LogP contribution is -1.87. The summed E-state index contributed by atoms with van der Waals surface area (Å²) in [5.41, 5.74) is 6.77. The van der Waals surface area contributed by atoms with Gasteiger partial charge in [0.2, 0.25) is 0 Å². The molecule has 0 unspecified atom stereocenters. The highest BCUT2D eigenvalue weighted by atomic mass is 79.9. The Bertz CT molecular complexity index is 594. The molecule has 84 valence electrons. The monoisotopic (exact) mass is 284 g/mol. The molecule has 0 radical (unpaired) electrons. The number of allylic oxidation sites excluding steroid dienone is 1. The van der Waals surface area contributed by atoms with E-state index in [4.69, 9.17) is 0 Å². The lowest BCUT2D eigenvalue weighted by molar-refractivity contribution is 1.19. The molecular formula is C16H13Br. The molecule has 0 saturated carbocycles. The molecule has 1 heteroatoms. The number of halogens is 1. The summed E-state index contributed by atoms with van der Waals surface area (Å²) in [5.74, 6) is 0. The zero-order valence-corrected chi connectivity index (χ0v) is 11.3. The Morgan fingerprint density at radius 3 is 2.59 bits per heavy atom. The molecule has 0 heterocycles. The average Bonchev–Trinajstić information content (AvgIpc) is 2.68. The van der Waals surface area contributed by atoms with Crippen LogP contribution in [0.25, 0.3) is 17.2 Å². The van der Waals surface area contributed by atoms with Crippen molar-refractivity contribution >= 4 is 22.0 Å². The molecule has 0 atom stereocenters. The summed E-state index contributed by atoms with van der Waals surface area (Å²) in [7, 11) is 0. The molecule has 2 aromatic carbocycles. The van der Waals surface area contributed by atoms with E-state index in [1.54, 1.807) is 0 Å². The van der Waals surface area contributed by atoms with Gasteiger partial charge in [-0.25, -0.2) is 0 Å². The first-order valence-electron chi connectivity index (χ1n) is 5.79. The van der Waals surface area contributed by atoms with E-state index in [2.05, 4.69) is 71.4 Å². The molecule has 1 aliphatic rings. The highest BCUT2D eigenvalue weighted by Crippen LogP contribution is 2.35. The van der Waals surface area contributed by atoms with E-state index in [9.17, 15) is 0 Å². The van der Waals surface area contributed by atoms with Gasteiger partial charge in [0, 0.05) is 4.47 Å². The highest BCUT2D eigenvalue weighted by molar-refractivity contribution is 9.10. The van der Waals surface area contributed by atoms with Gasteiger partial charge in [-0.15, -0.1) is 0 Å². The van der Waals surface area contributed by atoms with Crippen LogP contribution in [0.4, 0.5) is 0 Å². The van der Waals surface area contributed by atoms with Crippen LogP contribution < -0.4 is 0 Å². The molecule has 0 aromatic heterocycles. The molecule has 0 spiro atoms. The number of hydrogen-bond donors (Lipinski definition) is 0. The maximum atomic E-state index is 3.68. The lowest BCUT2D eigenvalue weighted by atomic mass is 10.0. The summed E-state index contributed by atoms with van der Waals surface area (Å²) < 4.78 is 1.19. The summed E-state index contributed by atoms with van der Waals surface area (Å²) in [5, 5.41) is 0. The normalized spacial score (nSPS) is 13.4. The molecule has 0 aliphatic heterocycles. The summed E-state index contributed by atoms with van der Waals surface area (Å²) >= 11 is 3.68. The number of fused-ring (bicyclic) bond motifs is 1. The second kappa shape index (κ2) is 4.15. The quantitative estimate of drug-likeness (QED) is 0.685. The predicted molar refractivity (Wildman–Crippen MR) is 76.9 cm³/mol. The van der Waals surface area contributed by atoms with Crippen LogP contribution in [0.1, 0.15) is 18.1 Å². The van der Waals surface area contributed by atoms with Gasteiger partial charge in [-0.05, 0) is 47.7 Å². The first-order valence-corrected chi connectivity index (χ1v) is 6.58. The van der Waals surface area contributed by atoms with Gasteiger partial charge in [-0.2, -0.15) is 0 Å². The van der Waals surface area contributed by atoms with Gasteiger partial charge in [-0.3, -0.25) is 0 Å². The maximum absolute atomic E-state index is 3.68. The molecule has 1 aliphatic carbocycles. The number of rotatable bonds is 1. The molecule has 0 nitrogen and oxygen atoms in total. The van der Waals surface area contributed by atoms with E-state index in [-0.39, 0.29) is 0 Å². The fraction of sp³-hybridized carbons (Fsp3) is 0.125. The van der Waals surface area contributed by atoms with Crippen LogP contribution in [0.2, 0.25) is 0 Å². The van der Waals surface area contributed by atoms with Gasteiger partial charge >= 0.3 is 0 Å². The third-order valence-corrected chi connectivity index (χ3v) is 3.84. The van der Waals surface area contributed by atoms with Crippen molar-refractivity contribution in [2.75, 3.05) is 0 Å². The van der Waals surface area contributed by atoms with E-state index in [0.29, 0.717) is 0 Å². The van der Waals surface area contributed by atoms with Gasteiger partial charge in [0.05, 0.1) is 0 Å². The number of hydrogen-bond acceptors (Lipinski definition) is 0. The Hall–Kier alpha value is -1.34.